The van der Waals surface area contributed by atoms with Gasteiger partial charge in [0.2, 0.25) is 0 Å². The summed E-state index contributed by atoms with van der Waals surface area (Å²) in [6.45, 7) is 6.31. The van der Waals surface area contributed by atoms with Crippen LogP contribution in [0.25, 0.3) is 0 Å². The molecule has 1 fully saturated rings. The standard InChI is InChI=1S/C28H36ClN7O2S/c1-5-38-20-16-36(17-20)26-15-24(32-25(35(3)4)14-18(2)30)33-28(34-26)39-21-12-10-19(11-13-21)31-27(37)22-8-6-7-9-23(22)29/h6-13,15,18,20,25H,5,14,16-17,30H2,1-4H3,(H,31,37)(H,32,33,34). The Morgan fingerprint density at radius 1 is 1.21 bits per heavy atom. The fourth-order valence-corrected chi connectivity index (χ4v) is 5.13. The van der Waals surface area contributed by atoms with E-state index in [-0.39, 0.29) is 24.2 Å². The number of carbonyl (C=O) groups is 1. The fourth-order valence-electron chi connectivity index (χ4n) is 4.14. The van der Waals surface area contributed by atoms with Crippen LogP contribution in [0.5, 0.6) is 0 Å². The molecule has 39 heavy (non-hydrogen) atoms. The van der Waals surface area contributed by atoms with Crippen LogP contribution in [0.1, 0.15) is 30.6 Å². The van der Waals surface area contributed by atoms with E-state index in [0.717, 1.165) is 36.0 Å². The highest BCUT2D eigenvalue weighted by molar-refractivity contribution is 7.99. The van der Waals surface area contributed by atoms with Gasteiger partial charge in [-0.25, -0.2) is 9.97 Å². The monoisotopic (exact) mass is 569 g/mol. The number of nitrogens with two attached hydrogens (primary N) is 1. The molecule has 2 heterocycles. The van der Waals surface area contributed by atoms with Gasteiger partial charge in [-0.3, -0.25) is 9.69 Å². The highest BCUT2D eigenvalue weighted by Gasteiger charge is 2.29. The SMILES string of the molecule is CCOC1CN(c2cc(NC(CC(C)N)N(C)C)nc(Sc3ccc(NC(=O)c4ccccc4Cl)cc3)n2)C1. The number of hydrogen-bond donors (Lipinski definition) is 3. The Morgan fingerprint density at radius 2 is 1.92 bits per heavy atom. The molecule has 208 valence electrons. The normalized spacial score (nSPS) is 15.1. The summed E-state index contributed by atoms with van der Waals surface area (Å²) in [5.41, 5.74) is 7.20. The van der Waals surface area contributed by atoms with Crippen LogP contribution in [0.3, 0.4) is 0 Å². The Morgan fingerprint density at radius 3 is 2.56 bits per heavy atom. The molecule has 1 amide bonds. The van der Waals surface area contributed by atoms with E-state index < -0.39 is 0 Å². The second-order valence-electron chi connectivity index (χ2n) is 9.77. The number of ether oxygens (including phenoxy) is 1. The molecule has 0 bridgehead atoms. The molecule has 0 aliphatic carbocycles. The highest BCUT2D eigenvalue weighted by atomic mass is 35.5. The summed E-state index contributed by atoms with van der Waals surface area (Å²) >= 11 is 7.62. The third kappa shape index (κ3) is 8.06. The maximum atomic E-state index is 12.6. The van der Waals surface area contributed by atoms with E-state index in [0.29, 0.717) is 28.0 Å². The van der Waals surface area contributed by atoms with Crippen LogP contribution in [-0.2, 0) is 4.74 Å². The lowest BCUT2D eigenvalue weighted by atomic mass is 10.1. The molecular weight excluding hydrogens is 534 g/mol. The molecule has 4 N–H and O–H groups in total. The van der Waals surface area contributed by atoms with Gasteiger partial charge in [-0.1, -0.05) is 23.7 Å². The van der Waals surface area contributed by atoms with E-state index in [1.165, 1.54) is 11.8 Å². The summed E-state index contributed by atoms with van der Waals surface area (Å²) in [4.78, 5) is 27.5. The van der Waals surface area contributed by atoms with Gasteiger partial charge in [0.05, 0.1) is 22.9 Å². The zero-order valence-electron chi connectivity index (χ0n) is 22.7. The molecule has 3 aromatic rings. The van der Waals surface area contributed by atoms with Crippen LogP contribution in [0.15, 0.2) is 64.6 Å². The fraction of sp³-hybridized carbons (Fsp3) is 0.393. The van der Waals surface area contributed by atoms with Crippen molar-refractivity contribution in [3.63, 3.8) is 0 Å². The molecular formula is C28H36ClN7O2S. The van der Waals surface area contributed by atoms with Crippen LogP contribution < -0.4 is 21.3 Å². The minimum absolute atomic E-state index is 0.0270. The van der Waals surface area contributed by atoms with E-state index in [1.807, 2.05) is 58.3 Å². The predicted octanol–water partition coefficient (Wildman–Crippen LogP) is 4.80. The molecule has 0 radical (unpaired) electrons. The Kier molecular flexibility index (Phi) is 10.0. The molecule has 1 aromatic heterocycles. The molecule has 11 heteroatoms. The zero-order chi connectivity index (χ0) is 27.9. The van der Waals surface area contributed by atoms with Crippen molar-refractivity contribution in [1.29, 1.82) is 0 Å². The molecule has 1 saturated heterocycles. The first-order chi connectivity index (χ1) is 18.7. The van der Waals surface area contributed by atoms with Gasteiger partial charge in [0, 0.05) is 42.4 Å². The van der Waals surface area contributed by atoms with Crippen molar-refractivity contribution in [1.82, 2.24) is 14.9 Å². The second kappa shape index (κ2) is 13.5. The lowest BCUT2D eigenvalue weighted by Crippen LogP contribution is -2.52. The second-order valence-corrected chi connectivity index (χ2v) is 11.2. The molecule has 2 atom stereocenters. The van der Waals surface area contributed by atoms with Crippen LogP contribution in [0.2, 0.25) is 5.02 Å². The number of carbonyl (C=O) groups excluding carboxylic acids is 1. The number of rotatable bonds is 12. The van der Waals surface area contributed by atoms with Crippen molar-refractivity contribution < 1.29 is 9.53 Å². The van der Waals surface area contributed by atoms with E-state index in [9.17, 15) is 4.79 Å². The van der Waals surface area contributed by atoms with Crippen molar-refractivity contribution in [3.05, 3.63) is 65.2 Å². The molecule has 0 spiro atoms. The van der Waals surface area contributed by atoms with Gasteiger partial charge >= 0.3 is 0 Å². The van der Waals surface area contributed by atoms with Crippen LogP contribution in [0.4, 0.5) is 17.3 Å². The molecule has 4 rings (SSSR count). The highest BCUT2D eigenvalue weighted by Crippen LogP contribution is 2.31. The van der Waals surface area contributed by atoms with Crippen molar-refractivity contribution in [2.45, 2.75) is 48.6 Å². The summed E-state index contributed by atoms with van der Waals surface area (Å²) in [5, 5.41) is 7.46. The van der Waals surface area contributed by atoms with Gasteiger partial charge in [0.25, 0.3) is 5.91 Å². The summed E-state index contributed by atoms with van der Waals surface area (Å²) in [6.07, 6.45) is 1.02. The average molecular weight is 570 g/mol. The number of benzene rings is 2. The lowest BCUT2D eigenvalue weighted by molar-refractivity contribution is 0.0426. The van der Waals surface area contributed by atoms with Crippen molar-refractivity contribution >= 4 is 46.6 Å². The first-order valence-corrected chi connectivity index (χ1v) is 14.2. The Bertz CT molecular complexity index is 1250. The summed E-state index contributed by atoms with van der Waals surface area (Å²) < 4.78 is 5.74. The molecule has 2 aromatic carbocycles. The maximum absolute atomic E-state index is 12.6. The van der Waals surface area contributed by atoms with Crippen LogP contribution in [0, 0.1) is 0 Å². The zero-order valence-corrected chi connectivity index (χ0v) is 24.3. The molecule has 1 aliphatic heterocycles. The van der Waals surface area contributed by atoms with Crippen molar-refractivity contribution in [2.24, 2.45) is 5.73 Å². The van der Waals surface area contributed by atoms with Gasteiger partial charge in [-0.05, 0) is 82.5 Å². The first-order valence-electron chi connectivity index (χ1n) is 13.0. The maximum Gasteiger partial charge on any atom is 0.257 e. The number of hydrogen-bond acceptors (Lipinski definition) is 9. The minimum atomic E-state index is -0.255. The van der Waals surface area contributed by atoms with Crippen molar-refractivity contribution in [3.8, 4) is 0 Å². The van der Waals surface area contributed by atoms with E-state index >= 15 is 0 Å². The van der Waals surface area contributed by atoms with Gasteiger partial charge in [0.15, 0.2) is 5.16 Å². The predicted molar refractivity (Wildman–Crippen MR) is 159 cm³/mol. The number of anilines is 3. The smallest absolute Gasteiger partial charge is 0.257 e. The van der Waals surface area contributed by atoms with Gasteiger partial charge < -0.3 is 26.0 Å². The van der Waals surface area contributed by atoms with Gasteiger partial charge in [-0.15, -0.1) is 0 Å². The Hall–Kier alpha value is -2.89. The number of nitrogens with one attached hydrogen (secondary N) is 2. The lowest BCUT2D eigenvalue weighted by Gasteiger charge is -2.39. The number of amides is 1. The summed E-state index contributed by atoms with van der Waals surface area (Å²) in [6, 6.07) is 16.6. The number of aromatic nitrogens is 2. The molecule has 1 aliphatic rings. The molecule has 2 unspecified atom stereocenters. The first kappa shape index (κ1) is 29.1. The van der Waals surface area contributed by atoms with Gasteiger partial charge in [0.1, 0.15) is 11.6 Å². The quantitative estimate of drug-likeness (QED) is 0.209. The van der Waals surface area contributed by atoms with Crippen LogP contribution in [-0.4, -0.2) is 72.9 Å². The van der Waals surface area contributed by atoms with E-state index in [2.05, 4.69) is 20.4 Å². The third-order valence-corrected chi connectivity index (χ3v) is 7.44. The minimum Gasteiger partial charge on any atom is -0.375 e. The molecule has 9 nitrogen and oxygen atoms in total. The largest absolute Gasteiger partial charge is 0.375 e. The van der Waals surface area contributed by atoms with E-state index in [4.69, 9.17) is 32.0 Å². The Labute approximate surface area is 239 Å². The summed E-state index contributed by atoms with van der Waals surface area (Å²) in [5.74, 6) is 1.34. The molecule has 0 saturated carbocycles. The third-order valence-electron chi connectivity index (χ3n) is 6.24. The summed E-state index contributed by atoms with van der Waals surface area (Å²) in [7, 11) is 4.04. The number of nitrogens with zero attached hydrogens (tertiary/aromatic N) is 4. The Balaban J connectivity index is 1.50. The number of halogens is 1. The van der Waals surface area contributed by atoms with Crippen molar-refractivity contribution in [2.75, 3.05) is 49.3 Å². The van der Waals surface area contributed by atoms with Crippen LogP contribution >= 0.6 is 23.4 Å². The van der Waals surface area contributed by atoms with Gasteiger partial charge in [-0.2, -0.15) is 0 Å². The topological polar surface area (TPSA) is 109 Å². The van der Waals surface area contributed by atoms with E-state index in [1.54, 1.807) is 24.3 Å². The average Bonchev–Trinajstić information content (AvgIpc) is 2.86.